The third-order valence-electron chi connectivity index (χ3n) is 5.31. The summed E-state index contributed by atoms with van der Waals surface area (Å²) in [7, 11) is 0. The molecule has 2 atom stereocenters. The highest BCUT2D eigenvalue weighted by atomic mass is 16.5. The Morgan fingerprint density at radius 2 is 1.87 bits per heavy atom. The van der Waals surface area contributed by atoms with Crippen LogP contribution < -0.4 is 19.7 Å². The number of hydrogen-bond acceptors (Lipinski definition) is 5. The first-order valence-corrected chi connectivity index (χ1v) is 10.5. The maximum Gasteiger partial charge on any atom is 0.268 e. The number of nitrogens with zero attached hydrogens (tertiary/aromatic N) is 2. The van der Waals surface area contributed by atoms with Crippen molar-refractivity contribution in [2.24, 2.45) is 0 Å². The molecule has 2 aromatic rings. The minimum atomic E-state index is -0.804. The van der Waals surface area contributed by atoms with E-state index < -0.39 is 12.2 Å². The maximum absolute atomic E-state index is 13.3. The van der Waals surface area contributed by atoms with Gasteiger partial charge in [0.25, 0.3) is 11.8 Å². The lowest BCUT2D eigenvalue weighted by Gasteiger charge is -2.35. The van der Waals surface area contributed by atoms with E-state index in [1.54, 1.807) is 54.3 Å². The van der Waals surface area contributed by atoms with Gasteiger partial charge in [0.15, 0.2) is 12.2 Å². The van der Waals surface area contributed by atoms with Crippen LogP contribution >= 0.6 is 0 Å². The molecule has 0 spiro atoms. The molecule has 31 heavy (non-hydrogen) atoms. The van der Waals surface area contributed by atoms with Crippen molar-refractivity contribution in [3.63, 3.8) is 0 Å². The van der Waals surface area contributed by atoms with Crippen molar-refractivity contribution in [1.29, 1.82) is 5.26 Å². The van der Waals surface area contributed by atoms with Gasteiger partial charge in [-0.15, -0.1) is 0 Å². The van der Waals surface area contributed by atoms with Gasteiger partial charge in [-0.1, -0.05) is 26.0 Å². The van der Waals surface area contributed by atoms with Gasteiger partial charge in [-0.05, 0) is 56.2 Å². The lowest BCUT2D eigenvalue weighted by Crippen LogP contribution is -2.54. The molecule has 7 heteroatoms. The summed E-state index contributed by atoms with van der Waals surface area (Å²) in [5.41, 5.74) is 1.12. The normalized spacial score (nSPS) is 16.0. The van der Waals surface area contributed by atoms with Crippen LogP contribution in [0.3, 0.4) is 0 Å². The van der Waals surface area contributed by atoms with E-state index in [9.17, 15) is 9.59 Å². The van der Waals surface area contributed by atoms with Crippen molar-refractivity contribution in [1.82, 2.24) is 5.32 Å². The number of amides is 2. The number of benzene rings is 2. The first-order chi connectivity index (χ1) is 15.0. The standard InChI is InChI=1S/C24H27N3O4/c1-4-18(5-2)26-23(28)22-15-27(20-8-6-7-9-21(20)31-22)24(29)16(3)30-19-12-10-17(14-25)11-13-19/h6-13,16,18,22H,4-5,15H2,1-3H3,(H,26,28). The number of fused-ring (bicyclic) bond motifs is 1. The van der Waals surface area contributed by atoms with Crippen molar-refractivity contribution in [2.45, 2.75) is 51.9 Å². The molecule has 0 saturated heterocycles. The zero-order chi connectivity index (χ0) is 22.4. The fourth-order valence-electron chi connectivity index (χ4n) is 3.45. The van der Waals surface area contributed by atoms with Gasteiger partial charge in [-0.25, -0.2) is 0 Å². The second-order valence-corrected chi connectivity index (χ2v) is 7.44. The predicted molar refractivity (Wildman–Crippen MR) is 117 cm³/mol. The summed E-state index contributed by atoms with van der Waals surface area (Å²) in [6.45, 7) is 5.80. The molecule has 0 aliphatic carbocycles. The Balaban J connectivity index is 1.78. The number of hydrogen-bond donors (Lipinski definition) is 1. The Hall–Kier alpha value is -3.53. The minimum absolute atomic E-state index is 0.0658. The fraction of sp³-hybridized carbons (Fsp3) is 0.375. The molecule has 0 bridgehead atoms. The Labute approximate surface area is 182 Å². The average Bonchev–Trinajstić information content (AvgIpc) is 2.81. The Kier molecular flexibility index (Phi) is 7.14. The van der Waals surface area contributed by atoms with Gasteiger partial charge < -0.3 is 19.7 Å². The number of nitrogens with one attached hydrogen (secondary N) is 1. The highest BCUT2D eigenvalue weighted by Gasteiger charge is 2.36. The van der Waals surface area contributed by atoms with Gasteiger partial charge in [0.2, 0.25) is 0 Å². The number of para-hydroxylation sites is 2. The molecule has 2 amide bonds. The van der Waals surface area contributed by atoms with E-state index in [2.05, 4.69) is 5.32 Å². The highest BCUT2D eigenvalue weighted by Crippen LogP contribution is 2.34. The molecular weight excluding hydrogens is 394 g/mol. The third-order valence-corrected chi connectivity index (χ3v) is 5.31. The van der Waals surface area contributed by atoms with Crippen LogP contribution in [0.25, 0.3) is 0 Å². The van der Waals surface area contributed by atoms with Gasteiger partial charge in [-0.3, -0.25) is 9.59 Å². The van der Waals surface area contributed by atoms with E-state index >= 15 is 0 Å². The van der Waals surface area contributed by atoms with Gasteiger partial charge in [0, 0.05) is 6.04 Å². The summed E-state index contributed by atoms with van der Waals surface area (Å²) >= 11 is 0. The third kappa shape index (κ3) is 5.15. The summed E-state index contributed by atoms with van der Waals surface area (Å²) in [6, 6.07) is 15.8. The number of carbonyl (C=O) groups excluding carboxylic acids is 2. The zero-order valence-corrected chi connectivity index (χ0v) is 18.0. The largest absolute Gasteiger partial charge is 0.481 e. The summed E-state index contributed by atoms with van der Waals surface area (Å²) in [4.78, 5) is 27.6. The molecule has 1 aliphatic rings. The summed E-state index contributed by atoms with van der Waals surface area (Å²) in [5, 5.41) is 11.9. The molecule has 2 aromatic carbocycles. The van der Waals surface area contributed by atoms with Crippen molar-refractivity contribution in [3.8, 4) is 17.6 Å². The number of carbonyl (C=O) groups is 2. The lowest BCUT2D eigenvalue weighted by atomic mass is 10.1. The first-order valence-electron chi connectivity index (χ1n) is 10.5. The van der Waals surface area contributed by atoms with Crippen molar-refractivity contribution < 1.29 is 19.1 Å². The molecule has 3 rings (SSSR count). The van der Waals surface area contributed by atoms with Gasteiger partial charge in [0.05, 0.1) is 23.9 Å². The fourth-order valence-corrected chi connectivity index (χ4v) is 3.45. The summed E-state index contributed by atoms with van der Waals surface area (Å²) < 4.78 is 11.7. The van der Waals surface area contributed by atoms with Crippen LogP contribution in [0.2, 0.25) is 0 Å². The Bertz CT molecular complexity index is 964. The van der Waals surface area contributed by atoms with E-state index in [-0.39, 0.29) is 24.4 Å². The molecular formula is C24H27N3O4. The number of anilines is 1. The topological polar surface area (TPSA) is 91.7 Å². The molecule has 7 nitrogen and oxygen atoms in total. The molecule has 1 heterocycles. The van der Waals surface area contributed by atoms with Crippen molar-refractivity contribution in [3.05, 3.63) is 54.1 Å². The van der Waals surface area contributed by atoms with Crippen LogP contribution in [0.4, 0.5) is 5.69 Å². The zero-order valence-electron chi connectivity index (χ0n) is 18.0. The molecule has 0 fully saturated rings. The van der Waals surface area contributed by atoms with Crippen molar-refractivity contribution in [2.75, 3.05) is 11.4 Å². The highest BCUT2D eigenvalue weighted by molar-refractivity contribution is 5.99. The lowest BCUT2D eigenvalue weighted by molar-refractivity contribution is -0.130. The van der Waals surface area contributed by atoms with Crippen LogP contribution in [-0.2, 0) is 9.59 Å². The molecule has 0 radical (unpaired) electrons. The quantitative estimate of drug-likeness (QED) is 0.740. The first kappa shape index (κ1) is 22.2. The van der Waals surface area contributed by atoms with E-state index in [0.717, 1.165) is 12.8 Å². The van der Waals surface area contributed by atoms with Crippen molar-refractivity contribution >= 4 is 17.5 Å². The van der Waals surface area contributed by atoms with E-state index in [4.69, 9.17) is 14.7 Å². The SMILES string of the molecule is CCC(CC)NC(=O)C1CN(C(=O)C(C)Oc2ccc(C#N)cc2)c2ccccc2O1. The summed E-state index contributed by atoms with van der Waals surface area (Å²) in [6.07, 6.45) is 0.0521. The monoisotopic (exact) mass is 421 g/mol. The molecule has 1 N–H and O–H groups in total. The second kappa shape index (κ2) is 9.98. The number of nitriles is 1. The summed E-state index contributed by atoms with van der Waals surface area (Å²) in [5.74, 6) is 0.462. The van der Waals surface area contributed by atoms with E-state index in [1.165, 1.54) is 0 Å². The average molecular weight is 421 g/mol. The van der Waals surface area contributed by atoms with E-state index in [1.807, 2.05) is 26.0 Å². The van der Waals surface area contributed by atoms with Crippen LogP contribution in [0, 0.1) is 11.3 Å². The second-order valence-electron chi connectivity index (χ2n) is 7.44. The minimum Gasteiger partial charge on any atom is -0.481 e. The van der Waals surface area contributed by atoms with E-state index in [0.29, 0.717) is 22.7 Å². The molecule has 0 saturated carbocycles. The molecule has 1 aliphatic heterocycles. The smallest absolute Gasteiger partial charge is 0.268 e. The van der Waals surface area contributed by atoms with Crippen LogP contribution in [0.5, 0.6) is 11.5 Å². The molecule has 0 aromatic heterocycles. The predicted octanol–water partition coefficient (Wildman–Crippen LogP) is 3.42. The Morgan fingerprint density at radius 3 is 2.52 bits per heavy atom. The van der Waals surface area contributed by atoms with Crippen LogP contribution in [-0.4, -0.2) is 36.6 Å². The maximum atomic E-state index is 13.3. The van der Waals surface area contributed by atoms with Gasteiger partial charge in [0.1, 0.15) is 11.5 Å². The molecule has 2 unspecified atom stereocenters. The van der Waals surface area contributed by atoms with Crippen LogP contribution in [0.1, 0.15) is 39.2 Å². The van der Waals surface area contributed by atoms with Gasteiger partial charge >= 0.3 is 0 Å². The number of ether oxygens (including phenoxy) is 2. The molecule has 162 valence electrons. The number of rotatable bonds is 7. The van der Waals surface area contributed by atoms with Gasteiger partial charge in [-0.2, -0.15) is 5.26 Å². The Morgan fingerprint density at radius 1 is 1.19 bits per heavy atom. The van der Waals surface area contributed by atoms with Crippen LogP contribution in [0.15, 0.2) is 48.5 Å².